The van der Waals surface area contributed by atoms with Crippen LogP contribution in [0, 0.1) is 52.2 Å². The van der Waals surface area contributed by atoms with E-state index in [1.165, 1.54) is 0 Å². The van der Waals surface area contributed by atoms with Crippen LogP contribution in [0.25, 0.3) is 0 Å². The van der Waals surface area contributed by atoms with Crippen LogP contribution in [0.15, 0.2) is 0 Å². The summed E-state index contributed by atoms with van der Waals surface area (Å²) in [5.41, 5.74) is -0.559. The summed E-state index contributed by atoms with van der Waals surface area (Å²) in [6.07, 6.45) is 0.603. The number of hydrogen-bond acceptors (Lipinski definition) is 3. The third-order valence-electron chi connectivity index (χ3n) is 10.2. The van der Waals surface area contributed by atoms with Gasteiger partial charge in [0.05, 0.1) is 12.2 Å². The van der Waals surface area contributed by atoms with Gasteiger partial charge >= 0.3 is 5.97 Å². The van der Waals surface area contributed by atoms with Crippen molar-refractivity contribution in [3.8, 4) is 0 Å². The molecule has 0 aromatic heterocycles. The molecular weight excluding hydrogens is 376 g/mol. The molecule has 30 heavy (non-hydrogen) atoms. The maximum atomic E-state index is 11.9. The van der Waals surface area contributed by atoms with Crippen molar-refractivity contribution in [2.24, 2.45) is 52.2 Å². The molecule has 4 aliphatic carbocycles. The zero-order valence-corrected chi connectivity index (χ0v) is 18.7. The van der Waals surface area contributed by atoms with E-state index in [4.69, 9.17) is 6.85 Å². The van der Waals surface area contributed by atoms with Gasteiger partial charge in [0.2, 0.25) is 0 Å². The Balaban J connectivity index is 1.70. The molecule has 4 heteroatoms. The number of carboxylic acids is 1. The molecule has 0 aliphatic heterocycles. The van der Waals surface area contributed by atoms with E-state index in [1.807, 2.05) is 6.92 Å². The summed E-state index contributed by atoms with van der Waals surface area (Å²) in [7, 11) is 0. The Morgan fingerprint density at radius 3 is 2.53 bits per heavy atom. The Morgan fingerprint density at radius 1 is 1.13 bits per heavy atom. The molecule has 11 atom stereocenters. The Bertz CT molecular complexity index is 866. The number of carbonyl (C=O) groups is 1. The van der Waals surface area contributed by atoms with E-state index in [0.29, 0.717) is 12.8 Å². The van der Waals surface area contributed by atoms with Gasteiger partial charge in [0.1, 0.15) is 0 Å². The summed E-state index contributed by atoms with van der Waals surface area (Å²) in [5, 5.41) is 31.8. The monoisotopic (exact) mass is 426 g/mol. The Labute approximate surface area is 191 Å². The molecule has 4 nitrogen and oxygen atoms in total. The van der Waals surface area contributed by atoms with Crippen LogP contribution >= 0.6 is 0 Å². The normalized spacial score (nSPS) is 57.8. The fraction of sp³-hybridized carbons (Fsp3) is 0.962. The van der Waals surface area contributed by atoms with Crippen molar-refractivity contribution in [2.75, 3.05) is 0 Å². The van der Waals surface area contributed by atoms with Crippen molar-refractivity contribution in [1.82, 2.24) is 0 Å². The van der Waals surface area contributed by atoms with Crippen molar-refractivity contribution in [2.45, 2.75) is 104 Å². The molecule has 0 aromatic carbocycles. The summed E-state index contributed by atoms with van der Waals surface area (Å²) < 4.78 is 49.4. The zero-order valence-electron chi connectivity index (χ0n) is 24.7. The van der Waals surface area contributed by atoms with Gasteiger partial charge < -0.3 is 15.3 Å². The molecule has 1 unspecified atom stereocenters. The first-order valence-corrected chi connectivity index (χ1v) is 12.0. The first-order chi connectivity index (χ1) is 16.4. The van der Waals surface area contributed by atoms with E-state index in [0.717, 1.165) is 32.1 Å². The second kappa shape index (κ2) is 8.06. The number of aliphatic hydroxyl groups is 2. The summed E-state index contributed by atoms with van der Waals surface area (Å²) >= 11 is 0. The predicted molar refractivity (Wildman–Crippen MR) is 118 cm³/mol. The van der Waals surface area contributed by atoms with Crippen molar-refractivity contribution >= 4 is 5.97 Å². The number of hydrogen-bond donors (Lipinski definition) is 3. The number of rotatable bonds is 5. The minimum absolute atomic E-state index is 0.0644. The van der Waals surface area contributed by atoms with Crippen molar-refractivity contribution in [3.63, 3.8) is 0 Å². The lowest BCUT2D eigenvalue weighted by Gasteiger charge is -2.64. The second-order valence-corrected chi connectivity index (χ2v) is 11.4. The summed E-state index contributed by atoms with van der Waals surface area (Å²) in [4.78, 5) is 11.5. The van der Waals surface area contributed by atoms with E-state index in [-0.39, 0.29) is 46.8 Å². The number of aliphatic hydroxyl groups excluding tert-OH is 2. The van der Waals surface area contributed by atoms with Gasteiger partial charge in [-0.1, -0.05) is 34.0 Å². The van der Waals surface area contributed by atoms with Crippen LogP contribution in [0.2, 0.25) is 0 Å². The second-order valence-electron chi connectivity index (χ2n) is 11.4. The van der Waals surface area contributed by atoms with E-state index >= 15 is 0 Å². The molecule has 3 N–H and O–H groups in total. The standard InChI is InChI=1S/C26H44O4/c1-5-17-21-14-16(27)10-12-26(21,4)20-11-13-25(3)18(15(2)6-9-22(28)29)7-8-19(25)23(20)24(17)30/h15-21,23-24,27,30H,5-14H2,1-4H3,(H,28,29)/t15-,16-,17?,18-,19+,20+,21+,23+,24-,25-,26-/m1/s1/i1D3,9D2,17D. The highest BCUT2D eigenvalue weighted by atomic mass is 16.4. The van der Waals surface area contributed by atoms with E-state index in [9.17, 15) is 21.5 Å². The Morgan fingerprint density at radius 2 is 1.83 bits per heavy atom. The predicted octanol–water partition coefficient (Wildman–Crippen LogP) is 5.11. The molecule has 172 valence electrons. The molecule has 0 radical (unpaired) electrons. The van der Waals surface area contributed by atoms with Crippen LogP contribution in [0.5, 0.6) is 0 Å². The van der Waals surface area contributed by atoms with Gasteiger partial charge in [-0.15, -0.1) is 0 Å². The zero-order chi connectivity index (χ0) is 27.1. The van der Waals surface area contributed by atoms with E-state index in [2.05, 4.69) is 13.8 Å². The third kappa shape index (κ3) is 3.36. The molecule has 0 amide bonds. The highest BCUT2D eigenvalue weighted by Gasteiger charge is 2.64. The first-order valence-electron chi connectivity index (χ1n) is 15.0. The summed E-state index contributed by atoms with van der Waals surface area (Å²) in [6, 6.07) is 0. The average Bonchev–Trinajstić information content (AvgIpc) is 3.09. The fourth-order valence-corrected chi connectivity index (χ4v) is 8.78. The third-order valence-corrected chi connectivity index (χ3v) is 10.2. The van der Waals surface area contributed by atoms with Gasteiger partial charge in [-0.25, -0.2) is 0 Å². The Hall–Kier alpha value is -0.610. The molecule has 0 bridgehead atoms. The highest BCUT2D eigenvalue weighted by molar-refractivity contribution is 5.66. The van der Waals surface area contributed by atoms with Crippen LogP contribution < -0.4 is 0 Å². The number of carboxylic acid groups (broad SMARTS) is 1. The van der Waals surface area contributed by atoms with Crippen LogP contribution in [-0.2, 0) is 4.79 Å². The fourth-order valence-electron chi connectivity index (χ4n) is 8.78. The highest BCUT2D eigenvalue weighted by Crippen LogP contribution is 2.69. The molecular formula is C26H44O4. The molecule has 0 spiro atoms. The lowest BCUT2D eigenvalue weighted by atomic mass is 9.41. The molecule has 0 aromatic rings. The quantitative estimate of drug-likeness (QED) is 0.570. The number of fused-ring (bicyclic) bond motifs is 5. The molecule has 4 rings (SSSR count). The topological polar surface area (TPSA) is 77.8 Å². The summed E-state index contributed by atoms with van der Waals surface area (Å²) in [6.45, 7) is 3.92. The van der Waals surface area contributed by atoms with Gasteiger partial charge in [-0.05, 0) is 104 Å². The van der Waals surface area contributed by atoms with Gasteiger partial charge in [-0.3, -0.25) is 4.79 Å². The van der Waals surface area contributed by atoms with Gasteiger partial charge in [0.25, 0.3) is 0 Å². The van der Waals surface area contributed by atoms with E-state index < -0.39 is 49.6 Å². The van der Waals surface area contributed by atoms with Crippen LogP contribution in [0.3, 0.4) is 0 Å². The molecule has 4 fully saturated rings. The van der Waals surface area contributed by atoms with Crippen LogP contribution in [0.4, 0.5) is 0 Å². The summed E-state index contributed by atoms with van der Waals surface area (Å²) in [5.74, 6) is -3.49. The average molecular weight is 427 g/mol. The minimum Gasteiger partial charge on any atom is -0.481 e. The van der Waals surface area contributed by atoms with Crippen molar-refractivity contribution in [3.05, 3.63) is 0 Å². The molecule has 4 saturated carbocycles. The van der Waals surface area contributed by atoms with Crippen molar-refractivity contribution < 1.29 is 28.3 Å². The maximum Gasteiger partial charge on any atom is 0.303 e. The SMILES string of the molecule is [2H]C([2H])([2H])CC1([2H])[C@@H](O)[C@H]2[C@@H]3CC[C@H]([C@H](C)CC([2H])([2H])C(=O)O)[C@@]3(C)CC[C@@H]2[C@@]2(C)CC[C@@H](O)C[C@@H]12. The molecule has 4 aliphatic rings. The van der Waals surface area contributed by atoms with E-state index in [1.54, 1.807) is 0 Å². The smallest absolute Gasteiger partial charge is 0.303 e. The van der Waals surface area contributed by atoms with Gasteiger partial charge in [-0.2, -0.15) is 0 Å². The maximum absolute atomic E-state index is 11.9. The molecule has 0 saturated heterocycles. The van der Waals surface area contributed by atoms with Gasteiger partial charge in [0, 0.05) is 14.6 Å². The Kier molecular flexibility index (Phi) is 4.32. The van der Waals surface area contributed by atoms with Crippen LogP contribution in [0.1, 0.15) is 100 Å². The van der Waals surface area contributed by atoms with Crippen LogP contribution in [-0.4, -0.2) is 33.5 Å². The minimum atomic E-state index is -2.37. The van der Waals surface area contributed by atoms with Crippen molar-refractivity contribution in [1.29, 1.82) is 0 Å². The number of aliphatic carboxylic acids is 1. The largest absolute Gasteiger partial charge is 0.481 e. The van der Waals surface area contributed by atoms with Gasteiger partial charge in [0.15, 0.2) is 0 Å². The molecule has 0 heterocycles. The lowest BCUT2D eigenvalue weighted by molar-refractivity contribution is -0.203. The lowest BCUT2D eigenvalue weighted by Crippen LogP contribution is -2.62. The first kappa shape index (κ1) is 16.1.